The molecule has 0 radical (unpaired) electrons. The number of ether oxygens (including phenoxy) is 1. The van der Waals surface area contributed by atoms with Crippen LogP contribution in [0.15, 0.2) is 29.4 Å². The van der Waals surface area contributed by atoms with E-state index in [2.05, 4.69) is 5.10 Å². The molecule has 0 bridgehead atoms. The van der Waals surface area contributed by atoms with Crippen molar-refractivity contribution in [2.75, 3.05) is 26.1 Å². The van der Waals surface area contributed by atoms with Gasteiger partial charge < -0.3 is 9.64 Å². The van der Waals surface area contributed by atoms with Crippen LogP contribution in [-0.2, 0) is 4.79 Å². The summed E-state index contributed by atoms with van der Waals surface area (Å²) in [6.07, 6.45) is 0. The number of anilines is 1. The summed E-state index contributed by atoms with van der Waals surface area (Å²) in [4.78, 5) is 12.8. The van der Waals surface area contributed by atoms with Gasteiger partial charge in [0.2, 0.25) is 5.82 Å². The number of hydrogen-bond donors (Lipinski definition) is 1. The van der Waals surface area contributed by atoms with Gasteiger partial charge in [0.25, 0.3) is 5.91 Å². The second-order valence-corrected chi connectivity index (χ2v) is 5.86. The summed E-state index contributed by atoms with van der Waals surface area (Å²) in [6, 6.07) is 6.18. The van der Waals surface area contributed by atoms with Crippen molar-refractivity contribution in [2.45, 2.75) is 6.92 Å². The number of nitrogens with one attached hydrogen (secondary N) is 1. The lowest BCUT2D eigenvalue weighted by molar-refractivity contribution is -0.130. The van der Waals surface area contributed by atoms with Crippen molar-refractivity contribution in [1.82, 2.24) is 4.90 Å². The lowest BCUT2D eigenvalue weighted by Gasteiger charge is -2.11. The predicted molar refractivity (Wildman–Crippen MR) is 92.7 cm³/mol. The zero-order valence-corrected chi connectivity index (χ0v) is 15.1. The highest BCUT2D eigenvalue weighted by Crippen LogP contribution is 2.27. The first kappa shape index (κ1) is 21.1. The first-order chi connectivity index (χ1) is 13.1. The van der Waals surface area contributed by atoms with Gasteiger partial charge in [-0.1, -0.05) is 0 Å². The normalized spacial score (nSPS) is 11.4. The van der Waals surface area contributed by atoms with E-state index in [4.69, 9.17) is 4.74 Å². The Balaban J connectivity index is 2.13. The third-order valence-electron chi connectivity index (χ3n) is 3.68. The van der Waals surface area contributed by atoms with Gasteiger partial charge in [-0.25, -0.2) is 22.0 Å². The van der Waals surface area contributed by atoms with Crippen molar-refractivity contribution in [3.8, 4) is 5.75 Å². The highest BCUT2D eigenvalue weighted by Gasteiger charge is 2.25. The Kier molecular flexibility index (Phi) is 6.55. The van der Waals surface area contributed by atoms with Crippen LogP contribution >= 0.6 is 0 Å². The maximum Gasteiger partial charge on any atom is 0.259 e. The second-order valence-electron chi connectivity index (χ2n) is 5.86. The van der Waals surface area contributed by atoms with Crippen molar-refractivity contribution in [3.63, 3.8) is 0 Å². The number of hydrogen-bond acceptors (Lipinski definition) is 4. The molecule has 2 aromatic rings. The van der Waals surface area contributed by atoms with E-state index in [1.54, 1.807) is 26.2 Å². The Morgan fingerprint density at radius 1 is 0.964 bits per heavy atom. The molecule has 0 aliphatic heterocycles. The molecule has 0 heterocycles. The number of hydrazone groups is 1. The molecular formula is C18H16F5N3O2. The number of carbonyl (C=O) groups excluding carboxylic acids is 1. The number of carbonyl (C=O) groups is 1. The Morgan fingerprint density at radius 3 is 1.96 bits per heavy atom. The quantitative estimate of drug-likeness (QED) is 0.264. The highest BCUT2D eigenvalue weighted by molar-refractivity contribution is 5.99. The smallest absolute Gasteiger partial charge is 0.259 e. The van der Waals surface area contributed by atoms with Crippen LogP contribution in [-0.4, -0.2) is 37.2 Å². The lowest BCUT2D eigenvalue weighted by atomic mass is 10.1. The molecule has 0 aromatic heterocycles. The minimum Gasteiger partial charge on any atom is -0.484 e. The van der Waals surface area contributed by atoms with Crippen LogP contribution < -0.4 is 10.2 Å². The van der Waals surface area contributed by atoms with Crippen LogP contribution in [0.3, 0.4) is 0 Å². The van der Waals surface area contributed by atoms with Gasteiger partial charge in [0.05, 0.1) is 5.71 Å². The summed E-state index contributed by atoms with van der Waals surface area (Å²) in [5, 5.41) is 3.65. The predicted octanol–water partition coefficient (Wildman–Crippen LogP) is 3.69. The summed E-state index contributed by atoms with van der Waals surface area (Å²) in [5.41, 5.74) is 1.31. The number of rotatable bonds is 6. The standard InChI is InChI=1S/C18H16F5N3O2/c1-9(10-4-6-11(7-5-10)28-8-12(27)26(2)3)24-25-18-16(22)14(20)13(19)15(21)17(18)23/h4-7,25H,8H2,1-3H3/b24-9-. The van der Waals surface area contributed by atoms with Crippen LogP contribution in [0.2, 0.25) is 0 Å². The number of amides is 1. The van der Waals surface area contributed by atoms with E-state index in [0.29, 0.717) is 11.3 Å². The molecular weight excluding hydrogens is 385 g/mol. The van der Waals surface area contributed by atoms with Crippen LogP contribution in [0.25, 0.3) is 0 Å². The third kappa shape index (κ3) is 4.56. The summed E-state index contributed by atoms with van der Waals surface area (Å²) in [6.45, 7) is 1.31. The summed E-state index contributed by atoms with van der Waals surface area (Å²) in [5.74, 6) is -10.2. The average Bonchev–Trinajstić information content (AvgIpc) is 2.69. The van der Waals surface area contributed by atoms with E-state index in [0.717, 1.165) is 0 Å². The topological polar surface area (TPSA) is 53.9 Å². The van der Waals surface area contributed by atoms with Gasteiger partial charge in [0, 0.05) is 14.1 Å². The first-order valence-electron chi connectivity index (χ1n) is 7.88. The van der Waals surface area contributed by atoms with Crippen molar-refractivity contribution in [1.29, 1.82) is 0 Å². The number of benzene rings is 2. The maximum absolute atomic E-state index is 13.6. The molecule has 0 spiro atoms. The molecule has 1 amide bonds. The molecule has 10 heteroatoms. The fourth-order valence-corrected chi connectivity index (χ4v) is 1.97. The monoisotopic (exact) mass is 401 g/mol. The Hall–Kier alpha value is -3.17. The molecule has 0 aliphatic rings. The zero-order chi connectivity index (χ0) is 21.0. The fourth-order valence-electron chi connectivity index (χ4n) is 1.97. The number of likely N-dealkylation sites (N-methyl/N-ethyl adjacent to an activating group) is 1. The van der Waals surface area contributed by atoms with Gasteiger partial charge in [-0.05, 0) is 36.8 Å². The second kappa shape index (κ2) is 8.68. The SMILES string of the molecule is C/C(=N/Nc1c(F)c(F)c(F)c(F)c1F)c1ccc(OCC(=O)N(C)C)cc1. The molecule has 0 fully saturated rings. The van der Waals surface area contributed by atoms with Crippen molar-refractivity contribution >= 4 is 17.3 Å². The molecule has 2 aromatic carbocycles. The van der Waals surface area contributed by atoms with Crippen LogP contribution in [0.1, 0.15) is 12.5 Å². The van der Waals surface area contributed by atoms with Crippen molar-refractivity contribution in [3.05, 3.63) is 58.9 Å². The molecule has 0 aliphatic carbocycles. The van der Waals surface area contributed by atoms with Gasteiger partial charge in [0.15, 0.2) is 29.9 Å². The average molecular weight is 401 g/mol. The molecule has 5 nitrogen and oxygen atoms in total. The molecule has 150 valence electrons. The molecule has 28 heavy (non-hydrogen) atoms. The van der Waals surface area contributed by atoms with Gasteiger partial charge in [-0.2, -0.15) is 5.10 Å². The fraction of sp³-hybridized carbons (Fsp3) is 0.222. The van der Waals surface area contributed by atoms with Crippen molar-refractivity contribution in [2.24, 2.45) is 5.10 Å². The largest absolute Gasteiger partial charge is 0.484 e. The van der Waals surface area contributed by atoms with Crippen LogP contribution in [0.5, 0.6) is 5.75 Å². The molecule has 0 atom stereocenters. The molecule has 0 saturated heterocycles. The molecule has 0 saturated carbocycles. The zero-order valence-electron chi connectivity index (χ0n) is 15.1. The van der Waals surface area contributed by atoms with Gasteiger partial charge >= 0.3 is 0 Å². The van der Waals surface area contributed by atoms with Crippen molar-refractivity contribution < 1.29 is 31.5 Å². The Labute approximate surface area is 157 Å². The van der Waals surface area contributed by atoms with E-state index < -0.39 is 34.8 Å². The minimum atomic E-state index is -2.25. The first-order valence-corrected chi connectivity index (χ1v) is 7.88. The lowest BCUT2D eigenvalue weighted by Crippen LogP contribution is -2.27. The number of nitrogens with zero attached hydrogens (tertiary/aromatic N) is 2. The Morgan fingerprint density at radius 2 is 1.46 bits per heavy atom. The van der Waals surface area contributed by atoms with E-state index in [1.165, 1.54) is 24.0 Å². The van der Waals surface area contributed by atoms with E-state index in [9.17, 15) is 26.7 Å². The minimum absolute atomic E-state index is 0.152. The summed E-state index contributed by atoms with van der Waals surface area (Å²) in [7, 11) is 3.18. The van der Waals surface area contributed by atoms with E-state index >= 15 is 0 Å². The maximum atomic E-state index is 13.6. The molecule has 2 rings (SSSR count). The number of halogens is 5. The van der Waals surface area contributed by atoms with Gasteiger partial charge in [0.1, 0.15) is 11.4 Å². The molecule has 1 N–H and O–H groups in total. The van der Waals surface area contributed by atoms with Gasteiger partial charge in [-0.3, -0.25) is 10.2 Å². The Bertz CT molecular complexity index is 885. The van der Waals surface area contributed by atoms with Crippen LogP contribution in [0.4, 0.5) is 27.6 Å². The van der Waals surface area contributed by atoms with Crippen LogP contribution in [0, 0.1) is 29.1 Å². The van der Waals surface area contributed by atoms with Gasteiger partial charge in [-0.15, -0.1) is 0 Å². The van der Waals surface area contributed by atoms with E-state index in [-0.39, 0.29) is 18.2 Å². The summed E-state index contributed by atoms with van der Waals surface area (Å²) >= 11 is 0. The third-order valence-corrected chi connectivity index (χ3v) is 3.68. The molecule has 0 unspecified atom stereocenters. The van der Waals surface area contributed by atoms with E-state index in [1.807, 2.05) is 5.43 Å². The summed E-state index contributed by atoms with van der Waals surface area (Å²) < 4.78 is 71.9. The highest BCUT2D eigenvalue weighted by atomic mass is 19.2.